The molecule has 0 saturated heterocycles. The van der Waals surface area contributed by atoms with Crippen LogP contribution in [0.15, 0.2) is 49.1 Å². The molecule has 0 unspecified atom stereocenters. The number of nitro groups is 1. The second-order valence-electron chi connectivity index (χ2n) is 6.12. The highest BCUT2D eigenvalue weighted by Crippen LogP contribution is 2.38. The molecular formula is C21H21ClN2O7. The van der Waals surface area contributed by atoms with Crippen LogP contribution in [0, 0.1) is 10.1 Å². The number of ether oxygens (including phenoxy) is 3. The molecule has 0 fully saturated rings. The van der Waals surface area contributed by atoms with Crippen molar-refractivity contribution >= 4 is 29.2 Å². The molecule has 2 rings (SSSR count). The number of esters is 1. The lowest BCUT2D eigenvalue weighted by molar-refractivity contribution is -0.385. The standard InChI is InChI=1S/C21H21ClN2O7/c1-4-10-23(13-20(25)30-5-2)21(26)14-6-8-18(19(11-14)29-3)31-17-9-7-15(22)12-16(17)24(27)28/h4,6-9,11-12H,1,5,10,13H2,2-3H3. The van der Waals surface area contributed by atoms with Gasteiger partial charge in [-0.25, -0.2) is 0 Å². The molecule has 2 aromatic rings. The lowest BCUT2D eigenvalue weighted by Crippen LogP contribution is -2.36. The molecule has 9 nitrogen and oxygen atoms in total. The Kier molecular flexibility index (Phi) is 8.39. The molecule has 0 N–H and O–H groups in total. The zero-order valence-electron chi connectivity index (χ0n) is 17.0. The quantitative estimate of drug-likeness (QED) is 0.231. The third-order valence-corrected chi connectivity index (χ3v) is 4.25. The molecule has 0 bridgehead atoms. The molecule has 0 aliphatic rings. The molecule has 0 aromatic heterocycles. The van der Waals surface area contributed by atoms with Gasteiger partial charge < -0.3 is 19.1 Å². The summed E-state index contributed by atoms with van der Waals surface area (Å²) in [6.07, 6.45) is 1.49. The number of methoxy groups -OCH3 is 1. The number of nitrogens with zero attached hydrogens (tertiary/aromatic N) is 2. The Bertz CT molecular complexity index is 994. The van der Waals surface area contributed by atoms with Crippen molar-refractivity contribution in [3.63, 3.8) is 0 Å². The minimum Gasteiger partial charge on any atom is -0.493 e. The maximum Gasteiger partial charge on any atom is 0.325 e. The van der Waals surface area contributed by atoms with Crippen LogP contribution >= 0.6 is 11.6 Å². The minimum absolute atomic E-state index is 0.0395. The highest BCUT2D eigenvalue weighted by Gasteiger charge is 2.22. The first-order valence-electron chi connectivity index (χ1n) is 9.16. The molecule has 0 atom stereocenters. The first-order chi connectivity index (χ1) is 14.8. The minimum atomic E-state index is -0.617. The van der Waals surface area contributed by atoms with Gasteiger partial charge in [0.2, 0.25) is 5.75 Å². The predicted molar refractivity (Wildman–Crippen MR) is 114 cm³/mol. The van der Waals surface area contributed by atoms with E-state index in [0.29, 0.717) is 0 Å². The van der Waals surface area contributed by atoms with Crippen molar-refractivity contribution in [1.29, 1.82) is 0 Å². The fourth-order valence-corrected chi connectivity index (χ4v) is 2.81. The lowest BCUT2D eigenvalue weighted by atomic mass is 10.1. The van der Waals surface area contributed by atoms with Crippen molar-refractivity contribution in [3.05, 3.63) is 69.8 Å². The van der Waals surface area contributed by atoms with E-state index in [1.54, 1.807) is 6.92 Å². The number of halogens is 1. The first kappa shape index (κ1) is 23.7. The van der Waals surface area contributed by atoms with Crippen molar-refractivity contribution in [2.75, 3.05) is 26.8 Å². The molecule has 0 heterocycles. The van der Waals surface area contributed by atoms with Gasteiger partial charge in [0.05, 0.1) is 18.6 Å². The summed E-state index contributed by atoms with van der Waals surface area (Å²) in [5.74, 6) is -0.702. The van der Waals surface area contributed by atoms with E-state index in [-0.39, 0.29) is 53.2 Å². The van der Waals surface area contributed by atoms with E-state index >= 15 is 0 Å². The topological polar surface area (TPSA) is 108 Å². The van der Waals surface area contributed by atoms with Crippen LogP contribution in [0.3, 0.4) is 0 Å². The van der Waals surface area contributed by atoms with Crippen LogP contribution in [-0.4, -0.2) is 48.5 Å². The van der Waals surface area contributed by atoms with Gasteiger partial charge in [0.15, 0.2) is 11.5 Å². The number of nitro benzene ring substituents is 1. The summed E-state index contributed by atoms with van der Waals surface area (Å²) >= 11 is 5.82. The van der Waals surface area contributed by atoms with E-state index in [9.17, 15) is 19.7 Å². The average molecular weight is 449 g/mol. The number of hydrogen-bond acceptors (Lipinski definition) is 7. The molecule has 0 aliphatic carbocycles. The number of rotatable bonds is 10. The Hall–Kier alpha value is -3.59. The zero-order valence-corrected chi connectivity index (χ0v) is 17.8. The van der Waals surface area contributed by atoms with Crippen molar-refractivity contribution in [2.45, 2.75) is 6.92 Å². The van der Waals surface area contributed by atoms with Gasteiger partial charge in [0.1, 0.15) is 6.54 Å². The Morgan fingerprint density at radius 3 is 2.52 bits per heavy atom. The highest BCUT2D eigenvalue weighted by molar-refractivity contribution is 6.30. The molecule has 0 radical (unpaired) electrons. The Balaban J connectivity index is 2.32. The Morgan fingerprint density at radius 2 is 1.90 bits per heavy atom. The van der Waals surface area contributed by atoms with Gasteiger partial charge in [0.25, 0.3) is 5.91 Å². The molecule has 0 aliphatic heterocycles. The van der Waals surface area contributed by atoms with Crippen LogP contribution in [0.5, 0.6) is 17.2 Å². The fourth-order valence-electron chi connectivity index (χ4n) is 2.64. The molecule has 0 spiro atoms. The maximum atomic E-state index is 12.9. The summed E-state index contributed by atoms with van der Waals surface area (Å²) < 4.78 is 15.8. The average Bonchev–Trinajstić information content (AvgIpc) is 2.74. The summed E-state index contributed by atoms with van der Waals surface area (Å²) in [5.41, 5.74) is -0.0951. The normalized spacial score (nSPS) is 10.2. The number of benzene rings is 2. The van der Waals surface area contributed by atoms with Gasteiger partial charge >= 0.3 is 11.7 Å². The van der Waals surface area contributed by atoms with E-state index < -0.39 is 16.8 Å². The number of amides is 1. The zero-order chi connectivity index (χ0) is 23.0. The van der Waals surface area contributed by atoms with Crippen LogP contribution in [0.2, 0.25) is 5.02 Å². The summed E-state index contributed by atoms with van der Waals surface area (Å²) in [5, 5.41) is 11.5. The van der Waals surface area contributed by atoms with Gasteiger partial charge in [-0.1, -0.05) is 17.7 Å². The summed E-state index contributed by atoms with van der Waals surface area (Å²) in [6, 6.07) is 8.31. The van der Waals surface area contributed by atoms with E-state index in [2.05, 4.69) is 6.58 Å². The van der Waals surface area contributed by atoms with Gasteiger partial charge in [-0.3, -0.25) is 19.7 Å². The van der Waals surface area contributed by atoms with Crippen LogP contribution in [0.4, 0.5) is 5.69 Å². The molecule has 31 heavy (non-hydrogen) atoms. The maximum absolute atomic E-state index is 12.9. The summed E-state index contributed by atoms with van der Waals surface area (Å²) in [7, 11) is 1.37. The lowest BCUT2D eigenvalue weighted by Gasteiger charge is -2.20. The summed E-state index contributed by atoms with van der Waals surface area (Å²) in [4.78, 5) is 36.6. The third kappa shape index (κ3) is 6.19. The second-order valence-corrected chi connectivity index (χ2v) is 6.55. The van der Waals surface area contributed by atoms with E-state index in [4.69, 9.17) is 25.8 Å². The van der Waals surface area contributed by atoms with E-state index in [1.807, 2.05) is 0 Å². The number of carbonyl (C=O) groups excluding carboxylic acids is 2. The van der Waals surface area contributed by atoms with Crippen LogP contribution in [0.1, 0.15) is 17.3 Å². The van der Waals surface area contributed by atoms with E-state index in [0.717, 1.165) is 0 Å². The smallest absolute Gasteiger partial charge is 0.325 e. The monoisotopic (exact) mass is 448 g/mol. The molecule has 0 saturated carbocycles. The van der Waals surface area contributed by atoms with Crippen LogP contribution in [-0.2, 0) is 9.53 Å². The molecular weight excluding hydrogens is 428 g/mol. The van der Waals surface area contributed by atoms with Crippen molar-refractivity contribution in [1.82, 2.24) is 4.90 Å². The molecule has 1 amide bonds. The Morgan fingerprint density at radius 1 is 1.19 bits per heavy atom. The van der Waals surface area contributed by atoms with Gasteiger partial charge in [-0.05, 0) is 37.3 Å². The SMILES string of the molecule is C=CCN(CC(=O)OCC)C(=O)c1ccc(Oc2ccc(Cl)cc2[N+](=O)[O-])c(OC)c1. The van der Waals surface area contributed by atoms with Crippen molar-refractivity contribution in [3.8, 4) is 17.2 Å². The highest BCUT2D eigenvalue weighted by atomic mass is 35.5. The van der Waals surface area contributed by atoms with Gasteiger partial charge in [-0.15, -0.1) is 6.58 Å². The molecule has 164 valence electrons. The molecule has 2 aromatic carbocycles. The van der Waals surface area contributed by atoms with Crippen LogP contribution in [0.25, 0.3) is 0 Å². The first-order valence-corrected chi connectivity index (χ1v) is 9.54. The number of hydrogen-bond donors (Lipinski definition) is 0. The van der Waals surface area contributed by atoms with Crippen molar-refractivity contribution < 1.29 is 28.7 Å². The third-order valence-electron chi connectivity index (χ3n) is 4.01. The van der Waals surface area contributed by atoms with E-state index in [1.165, 1.54) is 54.5 Å². The van der Waals surface area contributed by atoms with Gasteiger partial charge in [0, 0.05) is 23.2 Å². The predicted octanol–water partition coefficient (Wildman–Crippen LogP) is 4.24. The van der Waals surface area contributed by atoms with Gasteiger partial charge in [-0.2, -0.15) is 0 Å². The number of carbonyl (C=O) groups is 2. The van der Waals surface area contributed by atoms with Crippen molar-refractivity contribution in [2.24, 2.45) is 0 Å². The second kappa shape index (κ2) is 11.0. The fraction of sp³-hybridized carbons (Fsp3) is 0.238. The van der Waals surface area contributed by atoms with Crippen LogP contribution < -0.4 is 9.47 Å². The molecule has 10 heteroatoms. The summed E-state index contributed by atoms with van der Waals surface area (Å²) in [6.45, 7) is 5.37. The Labute approximate surface area is 183 Å². The largest absolute Gasteiger partial charge is 0.493 e.